The van der Waals surface area contributed by atoms with Crippen molar-refractivity contribution in [2.45, 2.75) is 58.5 Å². The fourth-order valence-electron chi connectivity index (χ4n) is 3.59. The van der Waals surface area contributed by atoms with Crippen LogP contribution in [0.1, 0.15) is 44.2 Å². The molecule has 0 radical (unpaired) electrons. The molecule has 1 fully saturated rings. The molecule has 0 amide bonds. The van der Waals surface area contributed by atoms with E-state index in [0.717, 1.165) is 17.1 Å². The third-order valence-corrected chi connectivity index (χ3v) is 5.53. The molecule has 4 heteroatoms. The van der Waals surface area contributed by atoms with E-state index >= 15 is 0 Å². The van der Waals surface area contributed by atoms with Gasteiger partial charge in [-0.2, -0.15) is 0 Å². The van der Waals surface area contributed by atoms with Crippen LogP contribution in [0.3, 0.4) is 0 Å². The lowest BCUT2D eigenvalue weighted by Gasteiger charge is -2.43. The number of rotatable bonds is 3. The van der Waals surface area contributed by atoms with Crippen molar-refractivity contribution in [2.75, 3.05) is 18.4 Å². The highest BCUT2D eigenvalue weighted by Crippen LogP contribution is 2.38. The fourth-order valence-corrected chi connectivity index (χ4v) is 4.77. The number of fused-ring (bicyclic) bond motifs is 2. The molecule has 2 heterocycles. The van der Waals surface area contributed by atoms with Crippen LogP contribution in [0.2, 0.25) is 0 Å². The molecule has 2 atom stereocenters. The Labute approximate surface area is 120 Å². The minimum absolute atomic E-state index is 0.474. The Morgan fingerprint density at radius 1 is 1.42 bits per heavy atom. The third-order valence-electron chi connectivity index (χ3n) is 4.48. The summed E-state index contributed by atoms with van der Waals surface area (Å²) >= 11 is 1.88. The first-order valence-corrected chi connectivity index (χ1v) is 8.48. The molecule has 0 unspecified atom stereocenters. The first-order chi connectivity index (χ1) is 9.17. The van der Waals surface area contributed by atoms with Crippen molar-refractivity contribution in [2.24, 2.45) is 5.92 Å². The van der Waals surface area contributed by atoms with Gasteiger partial charge in [-0.15, -0.1) is 11.3 Å². The van der Waals surface area contributed by atoms with Gasteiger partial charge in [0.25, 0.3) is 0 Å². The van der Waals surface area contributed by atoms with Crippen LogP contribution in [0.15, 0.2) is 0 Å². The van der Waals surface area contributed by atoms with Crippen molar-refractivity contribution >= 4 is 16.5 Å². The van der Waals surface area contributed by atoms with Crippen molar-refractivity contribution in [3.05, 3.63) is 10.6 Å². The summed E-state index contributed by atoms with van der Waals surface area (Å²) in [5.41, 5.74) is 1.38. The first-order valence-electron chi connectivity index (χ1n) is 7.66. The highest BCUT2D eigenvalue weighted by molar-refractivity contribution is 7.15. The molecule has 1 aromatic rings. The zero-order valence-electron chi connectivity index (χ0n) is 12.3. The van der Waals surface area contributed by atoms with Crippen LogP contribution < -0.4 is 5.32 Å². The Bertz CT molecular complexity index is 441. The number of hydrogen-bond donors (Lipinski definition) is 1. The monoisotopic (exact) mass is 279 g/mol. The highest BCUT2D eigenvalue weighted by atomic mass is 32.1. The lowest BCUT2D eigenvalue weighted by atomic mass is 9.79. The van der Waals surface area contributed by atoms with E-state index in [-0.39, 0.29) is 0 Å². The van der Waals surface area contributed by atoms with Gasteiger partial charge in [-0.3, -0.25) is 0 Å². The van der Waals surface area contributed by atoms with Gasteiger partial charge in [0.05, 0.1) is 5.69 Å². The third kappa shape index (κ3) is 2.65. The van der Waals surface area contributed by atoms with E-state index in [1.54, 1.807) is 0 Å². The maximum absolute atomic E-state index is 4.82. The van der Waals surface area contributed by atoms with Gasteiger partial charge in [0.15, 0.2) is 5.13 Å². The molecule has 0 saturated carbocycles. The van der Waals surface area contributed by atoms with Crippen molar-refractivity contribution in [1.82, 2.24) is 9.88 Å². The number of hydrogen-bond acceptors (Lipinski definition) is 4. The van der Waals surface area contributed by atoms with Gasteiger partial charge < -0.3 is 10.2 Å². The maximum Gasteiger partial charge on any atom is 0.183 e. The normalized spacial score (nSPS) is 27.2. The van der Waals surface area contributed by atoms with Crippen LogP contribution in [-0.2, 0) is 12.8 Å². The second kappa shape index (κ2) is 5.41. The molecular weight excluding hydrogens is 254 g/mol. The Hall–Kier alpha value is -0.610. The van der Waals surface area contributed by atoms with Gasteiger partial charge in [-0.05, 0) is 58.5 Å². The average molecular weight is 279 g/mol. The van der Waals surface area contributed by atoms with E-state index < -0.39 is 0 Å². The summed E-state index contributed by atoms with van der Waals surface area (Å²) in [5, 5.41) is 4.59. The largest absolute Gasteiger partial charge is 0.359 e. The van der Waals surface area contributed by atoms with Crippen molar-refractivity contribution in [3.8, 4) is 0 Å². The van der Waals surface area contributed by atoms with Gasteiger partial charge in [0.2, 0.25) is 0 Å². The molecule has 3 rings (SSSR count). The van der Waals surface area contributed by atoms with Crippen LogP contribution in [0.4, 0.5) is 5.13 Å². The minimum atomic E-state index is 0.474. The van der Waals surface area contributed by atoms with E-state index in [1.165, 1.54) is 49.3 Å². The number of piperidine rings is 1. The van der Waals surface area contributed by atoms with Crippen LogP contribution in [0.25, 0.3) is 0 Å². The number of thiazole rings is 1. The lowest BCUT2D eigenvalue weighted by Crippen LogP contribution is -2.48. The molecule has 1 aliphatic heterocycles. The smallest absolute Gasteiger partial charge is 0.183 e. The van der Waals surface area contributed by atoms with Crippen LogP contribution in [-0.4, -0.2) is 35.1 Å². The summed E-state index contributed by atoms with van der Waals surface area (Å²) in [4.78, 5) is 9.04. The summed E-state index contributed by atoms with van der Waals surface area (Å²) in [5.74, 6) is 0.843. The quantitative estimate of drug-likeness (QED) is 0.921. The second-order valence-corrected chi connectivity index (χ2v) is 7.28. The summed E-state index contributed by atoms with van der Waals surface area (Å²) in [6, 6.07) is 1.25. The predicted octanol–water partition coefficient (Wildman–Crippen LogP) is 3.16. The van der Waals surface area contributed by atoms with Crippen LogP contribution in [0.5, 0.6) is 0 Å². The highest BCUT2D eigenvalue weighted by Gasteiger charge is 2.36. The predicted molar refractivity (Wildman–Crippen MR) is 82.0 cm³/mol. The topological polar surface area (TPSA) is 28.2 Å². The molecule has 1 aromatic heterocycles. The summed E-state index contributed by atoms with van der Waals surface area (Å²) in [7, 11) is 0. The minimum Gasteiger partial charge on any atom is -0.359 e. The Balaban J connectivity index is 1.80. The van der Waals surface area contributed by atoms with E-state index in [9.17, 15) is 0 Å². The average Bonchev–Trinajstić information content (AvgIpc) is 2.75. The molecule has 106 valence electrons. The van der Waals surface area contributed by atoms with Crippen LogP contribution in [0, 0.1) is 5.92 Å². The van der Waals surface area contributed by atoms with Gasteiger partial charge >= 0.3 is 0 Å². The van der Waals surface area contributed by atoms with Gasteiger partial charge in [-0.25, -0.2) is 4.98 Å². The number of nitrogens with zero attached hydrogens (tertiary/aromatic N) is 2. The lowest BCUT2D eigenvalue weighted by molar-refractivity contribution is 0.0911. The Morgan fingerprint density at radius 3 is 3.00 bits per heavy atom. The molecule has 1 aliphatic carbocycles. The molecule has 19 heavy (non-hydrogen) atoms. The molecule has 0 spiro atoms. The van der Waals surface area contributed by atoms with Gasteiger partial charge in [0.1, 0.15) is 0 Å². The number of aromatic nitrogens is 1. The maximum atomic E-state index is 4.82. The van der Waals surface area contributed by atoms with Gasteiger partial charge in [-0.1, -0.05) is 6.92 Å². The molecule has 1 N–H and O–H groups in total. The molecule has 1 saturated heterocycles. The summed E-state index contributed by atoms with van der Waals surface area (Å²) in [6.45, 7) is 9.16. The van der Waals surface area contributed by atoms with E-state index in [2.05, 4.69) is 31.0 Å². The zero-order valence-corrected chi connectivity index (χ0v) is 13.1. The molecule has 2 aliphatic rings. The summed E-state index contributed by atoms with van der Waals surface area (Å²) < 4.78 is 0. The van der Waals surface area contributed by atoms with Crippen LogP contribution >= 0.6 is 11.3 Å². The number of likely N-dealkylation sites (N-methyl/N-ethyl adjacent to an activating group) is 1. The van der Waals surface area contributed by atoms with Crippen molar-refractivity contribution < 1.29 is 0 Å². The van der Waals surface area contributed by atoms with E-state index in [1.807, 2.05) is 11.3 Å². The van der Waals surface area contributed by atoms with Gasteiger partial charge in [0, 0.05) is 17.0 Å². The molecule has 3 nitrogen and oxygen atoms in total. The van der Waals surface area contributed by atoms with E-state index in [4.69, 9.17) is 4.98 Å². The number of likely N-dealkylation sites (tertiary alicyclic amines) is 1. The SMILES string of the molecule is CCN1CCC[C@@H]2Cc3nc(NC(C)C)sc3C[C@H]21. The Morgan fingerprint density at radius 2 is 2.26 bits per heavy atom. The number of nitrogens with one attached hydrogen (secondary N) is 1. The molecule has 0 aromatic carbocycles. The van der Waals surface area contributed by atoms with Crippen molar-refractivity contribution in [1.29, 1.82) is 0 Å². The Kier molecular flexibility index (Phi) is 3.81. The van der Waals surface area contributed by atoms with E-state index in [0.29, 0.717) is 6.04 Å². The second-order valence-electron chi connectivity index (χ2n) is 6.19. The fraction of sp³-hybridized carbons (Fsp3) is 0.800. The standard InChI is InChI=1S/C15H25N3S/c1-4-18-7-5-6-11-8-12-14(9-13(11)18)19-15(17-12)16-10(2)3/h10-11,13H,4-9H2,1-3H3,(H,16,17)/t11-,13-/m1/s1. The molecule has 0 bridgehead atoms. The first kappa shape index (κ1) is 13.4. The zero-order chi connectivity index (χ0) is 13.4. The molecular formula is C15H25N3S. The summed E-state index contributed by atoms with van der Waals surface area (Å²) in [6.07, 6.45) is 5.19. The van der Waals surface area contributed by atoms with Crippen molar-refractivity contribution in [3.63, 3.8) is 0 Å². The number of anilines is 1.